The largest absolute Gasteiger partial charge is 0.453 e. The predicted molar refractivity (Wildman–Crippen MR) is 85.4 cm³/mol. The van der Waals surface area contributed by atoms with Crippen LogP contribution in [0.5, 0.6) is 0 Å². The number of imidazole rings is 1. The van der Waals surface area contributed by atoms with E-state index in [1.807, 2.05) is 0 Å². The number of alkyl halides is 3. The van der Waals surface area contributed by atoms with E-state index in [0.717, 1.165) is 16.7 Å². The van der Waals surface area contributed by atoms with Crippen molar-refractivity contribution < 1.29 is 27.1 Å². The van der Waals surface area contributed by atoms with Crippen molar-refractivity contribution in [2.45, 2.75) is 19.2 Å². The molecule has 4 nitrogen and oxygen atoms in total. The smallest absolute Gasteiger partial charge is 0.435 e. The number of esters is 1. The first-order chi connectivity index (χ1) is 12.2. The summed E-state index contributed by atoms with van der Waals surface area (Å²) in [5.41, 5.74) is -2.60. The number of hydrogen-bond acceptors (Lipinski definition) is 3. The molecule has 0 saturated carbocycles. The van der Waals surface area contributed by atoms with Crippen molar-refractivity contribution in [1.82, 2.24) is 9.38 Å². The fourth-order valence-electron chi connectivity index (χ4n) is 2.51. The summed E-state index contributed by atoms with van der Waals surface area (Å²) in [5, 5.41) is 0.299. The zero-order chi connectivity index (χ0) is 19.1. The minimum Gasteiger partial charge on any atom is -0.453 e. The Morgan fingerprint density at radius 1 is 1.23 bits per heavy atom. The molecule has 2 aromatic heterocycles. The summed E-state index contributed by atoms with van der Waals surface area (Å²) in [6.07, 6.45) is -4.77. The molecule has 0 fully saturated rings. The molecule has 0 saturated heterocycles. The van der Waals surface area contributed by atoms with Crippen molar-refractivity contribution >= 4 is 23.2 Å². The van der Waals surface area contributed by atoms with Gasteiger partial charge in [0.2, 0.25) is 0 Å². The van der Waals surface area contributed by atoms with E-state index < -0.39 is 41.1 Å². The molecule has 3 aromatic rings. The summed E-state index contributed by atoms with van der Waals surface area (Å²) in [6.45, 7) is 1.47. The topological polar surface area (TPSA) is 43.6 Å². The van der Waals surface area contributed by atoms with Gasteiger partial charge in [0.1, 0.15) is 6.10 Å². The maximum absolute atomic E-state index is 13.8. The number of aromatic nitrogens is 2. The van der Waals surface area contributed by atoms with Crippen LogP contribution in [-0.2, 0) is 10.9 Å². The van der Waals surface area contributed by atoms with E-state index in [9.17, 15) is 22.4 Å². The van der Waals surface area contributed by atoms with Crippen LogP contribution in [0, 0.1) is 5.82 Å². The van der Waals surface area contributed by atoms with Gasteiger partial charge in [0.05, 0.1) is 0 Å². The molecule has 3 rings (SSSR count). The molecular formula is C17H11ClF4N2O2. The van der Waals surface area contributed by atoms with Gasteiger partial charge in [-0.25, -0.2) is 14.2 Å². The van der Waals surface area contributed by atoms with Crippen LogP contribution in [0.1, 0.15) is 34.8 Å². The molecule has 0 N–H and O–H groups in total. The molecule has 0 aliphatic heterocycles. The fourth-order valence-corrected chi connectivity index (χ4v) is 2.80. The molecule has 0 radical (unpaired) electrons. The molecule has 0 bridgehead atoms. The first kappa shape index (κ1) is 18.2. The monoisotopic (exact) mass is 386 g/mol. The number of hydrogen-bond donors (Lipinski definition) is 0. The number of ether oxygens (including phenoxy) is 1. The van der Waals surface area contributed by atoms with Gasteiger partial charge < -0.3 is 4.74 Å². The summed E-state index contributed by atoms with van der Waals surface area (Å²) >= 11 is 6.01. The highest BCUT2D eigenvalue weighted by molar-refractivity contribution is 6.31. The van der Waals surface area contributed by atoms with Crippen LogP contribution in [-0.4, -0.2) is 15.4 Å². The van der Waals surface area contributed by atoms with Crippen LogP contribution in [0.25, 0.3) is 5.65 Å². The van der Waals surface area contributed by atoms with E-state index in [0.29, 0.717) is 10.6 Å². The highest BCUT2D eigenvalue weighted by Crippen LogP contribution is 2.34. The number of halogens is 5. The molecule has 0 aliphatic carbocycles. The minimum absolute atomic E-state index is 0.299. The van der Waals surface area contributed by atoms with Crippen molar-refractivity contribution in [1.29, 1.82) is 0 Å². The lowest BCUT2D eigenvalue weighted by molar-refractivity contribution is -0.141. The second kappa shape index (κ2) is 6.60. The van der Waals surface area contributed by atoms with Crippen LogP contribution in [0.2, 0.25) is 5.02 Å². The Morgan fingerprint density at radius 3 is 2.58 bits per heavy atom. The molecular weight excluding hydrogens is 376 g/mol. The van der Waals surface area contributed by atoms with E-state index >= 15 is 0 Å². The van der Waals surface area contributed by atoms with Crippen LogP contribution in [0.3, 0.4) is 0 Å². The van der Waals surface area contributed by atoms with Crippen LogP contribution < -0.4 is 0 Å². The maximum Gasteiger partial charge on any atom is 0.435 e. The van der Waals surface area contributed by atoms with Gasteiger partial charge in [-0.05, 0) is 25.1 Å². The number of fused-ring (bicyclic) bond motifs is 1. The van der Waals surface area contributed by atoms with Gasteiger partial charge in [-0.2, -0.15) is 13.2 Å². The summed E-state index contributed by atoms with van der Waals surface area (Å²) in [6, 6.07) is 8.57. The Morgan fingerprint density at radius 2 is 1.92 bits per heavy atom. The molecule has 26 heavy (non-hydrogen) atoms. The predicted octanol–water partition coefficient (Wildman–Crippen LogP) is 5.06. The fraction of sp³-hybridized carbons (Fsp3) is 0.176. The molecule has 9 heteroatoms. The van der Waals surface area contributed by atoms with E-state index in [1.165, 1.54) is 13.0 Å². The quantitative estimate of drug-likeness (QED) is 0.466. The van der Waals surface area contributed by atoms with Gasteiger partial charge in [0.25, 0.3) is 0 Å². The maximum atomic E-state index is 13.8. The second-order valence-corrected chi connectivity index (χ2v) is 5.83. The van der Waals surface area contributed by atoms with E-state index in [4.69, 9.17) is 16.3 Å². The van der Waals surface area contributed by atoms with Crippen molar-refractivity contribution in [3.63, 3.8) is 0 Å². The van der Waals surface area contributed by atoms with Gasteiger partial charge in [0.15, 0.2) is 22.9 Å². The van der Waals surface area contributed by atoms with Crippen molar-refractivity contribution in [3.05, 3.63) is 70.4 Å². The third-order valence-corrected chi connectivity index (χ3v) is 4.04. The van der Waals surface area contributed by atoms with Crippen LogP contribution in [0.15, 0.2) is 42.6 Å². The lowest BCUT2D eigenvalue weighted by Crippen LogP contribution is -2.18. The second-order valence-electron chi connectivity index (χ2n) is 5.43. The SMILES string of the molecule is CC(OC(=O)c1c(C(F)(F)F)nc2c(F)cccn12)c1ccccc1Cl. The lowest BCUT2D eigenvalue weighted by Gasteiger charge is -2.15. The third kappa shape index (κ3) is 3.24. The zero-order valence-electron chi connectivity index (χ0n) is 13.2. The first-order valence-corrected chi connectivity index (χ1v) is 7.77. The van der Waals surface area contributed by atoms with Gasteiger partial charge in [-0.1, -0.05) is 29.8 Å². The van der Waals surface area contributed by atoms with Crippen molar-refractivity contribution in [2.24, 2.45) is 0 Å². The van der Waals surface area contributed by atoms with Crippen LogP contribution >= 0.6 is 11.6 Å². The summed E-state index contributed by atoms with van der Waals surface area (Å²) in [5.74, 6) is -2.28. The van der Waals surface area contributed by atoms with Crippen molar-refractivity contribution in [3.8, 4) is 0 Å². The van der Waals surface area contributed by atoms with Gasteiger partial charge in [-0.3, -0.25) is 4.40 Å². The number of carbonyl (C=O) groups is 1. The number of pyridine rings is 1. The summed E-state index contributed by atoms with van der Waals surface area (Å²) < 4.78 is 59.5. The number of nitrogens with zero attached hydrogens (tertiary/aromatic N) is 2. The van der Waals surface area contributed by atoms with E-state index in [2.05, 4.69) is 4.98 Å². The Kier molecular flexibility index (Phi) is 4.62. The Balaban J connectivity index is 2.05. The standard InChI is InChI=1S/C17H11ClF4N2O2/c1-9(10-5-2-3-6-11(10)18)26-16(25)13-14(17(20,21)22)23-15-12(19)7-4-8-24(13)15/h2-9H,1H3. The molecule has 0 amide bonds. The highest BCUT2D eigenvalue weighted by atomic mass is 35.5. The molecule has 0 spiro atoms. The van der Waals surface area contributed by atoms with Gasteiger partial charge in [0, 0.05) is 16.8 Å². The van der Waals surface area contributed by atoms with Gasteiger partial charge in [-0.15, -0.1) is 0 Å². The number of benzene rings is 1. The molecule has 1 unspecified atom stereocenters. The number of rotatable bonds is 3. The molecule has 1 atom stereocenters. The van der Waals surface area contributed by atoms with Crippen LogP contribution in [0.4, 0.5) is 17.6 Å². The molecule has 136 valence electrons. The average Bonchev–Trinajstić information content (AvgIpc) is 2.96. The highest BCUT2D eigenvalue weighted by Gasteiger charge is 2.41. The third-order valence-electron chi connectivity index (χ3n) is 3.69. The Labute approximate surface area is 150 Å². The lowest BCUT2D eigenvalue weighted by atomic mass is 10.1. The normalized spacial score (nSPS) is 13.0. The van der Waals surface area contributed by atoms with E-state index in [1.54, 1.807) is 24.3 Å². The Hall–Kier alpha value is -2.61. The molecule has 1 aromatic carbocycles. The molecule has 2 heterocycles. The van der Waals surface area contributed by atoms with Gasteiger partial charge >= 0.3 is 12.1 Å². The Bertz CT molecular complexity index is 985. The zero-order valence-corrected chi connectivity index (χ0v) is 14.0. The average molecular weight is 387 g/mol. The number of carbonyl (C=O) groups excluding carboxylic acids is 1. The minimum atomic E-state index is -4.96. The molecule has 0 aliphatic rings. The van der Waals surface area contributed by atoms with E-state index in [-0.39, 0.29) is 0 Å². The summed E-state index contributed by atoms with van der Waals surface area (Å²) in [7, 11) is 0. The first-order valence-electron chi connectivity index (χ1n) is 7.39. The van der Waals surface area contributed by atoms with Crippen molar-refractivity contribution in [2.75, 3.05) is 0 Å². The summed E-state index contributed by atoms with van der Waals surface area (Å²) in [4.78, 5) is 15.7.